The molecule has 0 aromatic heterocycles. The molecule has 0 spiro atoms. The molecule has 0 aliphatic carbocycles. The third-order valence-corrected chi connectivity index (χ3v) is 3.97. The Balaban J connectivity index is 1.81. The van der Waals surface area contributed by atoms with Gasteiger partial charge in [-0.15, -0.1) is 0 Å². The van der Waals surface area contributed by atoms with Crippen molar-refractivity contribution in [2.45, 2.75) is 19.1 Å². The van der Waals surface area contributed by atoms with E-state index in [2.05, 4.69) is 0 Å². The molecule has 2 heterocycles. The molecule has 2 aliphatic heterocycles. The zero-order valence-corrected chi connectivity index (χ0v) is 11.5. The van der Waals surface area contributed by atoms with Crippen LogP contribution in [0.4, 0.5) is 15.8 Å². The van der Waals surface area contributed by atoms with Gasteiger partial charge in [0, 0.05) is 19.0 Å². The van der Waals surface area contributed by atoms with E-state index in [0.717, 1.165) is 25.5 Å². The van der Waals surface area contributed by atoms with Gasteiger partial charge in [-0.05, 0) is 25.0 Å². The van der Waals surface area contributed by atoms with Gasteiger partial charge in [-0.1, -0.05) is 0 Å². The third-order valence-electron chi connectivity index (χ3n) is 3.97. The topological polar surface area (TPSA) is 64.8 Å². The lowest BCUT2D eigenvalue weighted by atomic mass is 9.96. The Morgan fingerprint density at radius 1 is 1.33 bits per heavy atom. The normalized spacial score (nSPS) is 23.5. The number of hydrogen-bond donors (Lipinski definition) is 0. The lowest BCUT2D eigenvalue weighted by Gasteiger charge is -2.35. The fourth-order valence-corrected chi connectivity index (χ4v) is 3.01. The average molecular weight is 296 g/mol. The van der Waals surface area contributed by atoms with E-state index in [0.29, 0.717) is 25.4 Å². The van der Waals surface area contributed by atoms with Gasteiger partial charge < -0.3 is 14.4 Å². The van der Waals surface area contributed by atoms with Gasteiger partial charge in [0.2, 0.25) is 0 Å². The number of ether oxygens (including phenoxy) is 2. The maximum absolute atomic E-state index is 13.2. The molecule has 2 fully saturated rings. The molecule has 2 aliphatic rings. The predicted octanol–water partition coefficient (Wildman–Crippen LogP) is 2.32. The summed E-state index contributed by atoms with van der Waals surface area (Å²) in [7, 11) is 0. The number of nitro benzene ring substituents is 1. The molecule has 114 valence electrons. The van der Waals surface area contributed by atoms with Crippen LogP contribution in [0.15, 0.2) is 18.2 Å². The maximum Gasteiger partial charge on any atom is 0.295 e. The molecule has 1 atom stereocenters. The van der Waals surface area contributed by atoms with Crippen molar-refractivity contribution in [2.24, 2.45) is 5.92 Å². The fourth-order valence-electron chi connectivity index (χ4n) is 3.01. The van der Waals surface area contributed by atoms with Crippen molar-refractivity contribution in [3.63, 3.8) is 0 Å². The minimum Gasteiger partial charge on any atom is -0.366 e. The van der Waals surface area contributed by atoms with Crippen molar-refractivity contribution in [1.82, 2.24) is 0 Å². The Labute approximate surface area is 121 Å². The van der Waals surface area contributed by atoms with Gasteiger partial charge in [0.25, 0.3) is 5.69 Å². The highest BCUT2D eigenvalue weighted by molar-refractivity contribution is 5.63. The Hall–Kier alpha value is -1.73. The van der Waals surface area contributed by atoms with Crippen LogP contribution in [0.5, 0.6) is 0 Å². The van der Waals surface area contributed by atoms with Crippen molar-refractivity contribution in [3.05, 3.63) is 34.1 Å². The molecule has 2 saturated heterocycles. The van der Waals surface area contributed by atoms with Crippen molar-refractivity contribution in [1.29, 1.82) is 0 Å². The van der Waals surface area contributed by atoms with E-state index < -0.39 is 10.7 Å². The van der Waals surface area contributed by atoms with E-state index in [1.807, 2.05) is 4.90 Å². The maximum atomic E-state index is 13.2. The number of nitro groups is 1. The van der Waals surface area contributed by atoms with Crippen LogP contribution in [0.25, 0.3) is 0 Å². The Morgan fingerprint density at radius 2 is 2.10 bits per heavy atom. The van der Waals surface area contributed by atoms with E-state index in [1.165, 1.54) is 12.1 Å². The van der Waals surface area contributed by atoms with Gasteiger partial charge in [-0.3, -0.25) is 10.1 Å². The van der Waals surface area contributed by atoms with Gasteiger partial charge in [0.1, 0.15) is 11.5 Å². The van der Waals surface area contributed by atoms with Gasteiger partial charge in [0.05, 0.1) is 24.2 Å². The fraction of sp³-hybridized carbons (Fsp3) is 0.571. The summed E-state index contributed by atoms with van der Waals surface area (Å²) in [5.41, 5.74) is 0.271. The number of nitrogens with zero attached hydrogens (tertiary/aromatic N) is 2. The van der Waals surface area contributed by atoms with Crippen LogP contribution < -0.4 is 4.90 Å². The first-order valence-corrected chi connectivity index (χ1v) is 7.07. The number of hydrogen-bond acceptors (Lipinski definition) is 5. The summed E-state index contributed by atoms with van der Waals surface area (Å²) < 4.78 is 24.3. The summed E-state index contributed by atoms with van der Waals surface area (Å²) >= 11 is 0. The van der Waals surface area contributed by atoms with Gasteiger partial charge in [-0.25, -0.2) is 4.39 Å². The molecule has 0 radical (unpaired) electrons. The Kier molecular flexibility index (Phi) is 4.03. The van der Waals surface area contributed by atoms with E-state index in [9.17, 15) is 14.5 Å². The number of piperidine rings is 1. The van der Waals surface area contributed by atoms with E-state index in [1.54, 1.807) is 0 Å². The highest BCUT2D eigenvalue weighted by Crippen LogP contribution is 2.34. The van der Waals surface area contributed by atoms with Crippen LogP contribution in [0, 0.1) is 21.8 Å². The second-order valence-corrected chi connectivity index (χ2v) is 5.35. The quantitative estimate of drug-likeness (QED) is 0.632. The largest absolute Gasteiger partial charge is 0.366 e. The standard InChI is InChI=1S/C14H17FN2O4/c15-11-3-4-12(13(8-11)17(18)19)16-5-1-2-10(9-16)14-20-6-7-21-14/h3-4,8,10,14H,1-2,5-7,9H2. The molecule has 7 heteroatoms. The Bertz CT molecular complexity index is 534. The number of halogens is 1. The number of benzene rings is 1. The average Bonchev–Trinajstić information content (AvgIpc) is 3.01. The van der Waals surface area contributed by atoms with E-state index in [-0.39, 0.29) is 17.9 Å². The molecular weight excluding hydrogens is 279 g/mol. The van der Waals surface area contributed by atoms with E-state index in [4.69, 9.17) is 9.47 Å². The van der Waals surface area contributed by atoms with Crippen LogP contribution in [0.1, 0.15) is 12.8 Å². The highest BCUT2D eigenvalue weighted by Gasteiger charge is 2.33. The number of anilines is 1. The second kappa shape index (κ2) is 5.95. The van der Waals surface area contributed by atoms with Crippen LogP contribution in [-0.4, -0.2) is 37.5 Å². The molecule has 0 saturated carbocycles. The zero-order valence-electron chi connectivity index (χ0n) is 11.5. The SMILES string of the molecule is O=[N+]([O-])c1cc(F)ccc1N1CCCC(C2OCCO2)C1. The summed E-state index contributed by atoms with van der Waals surface area (Å²) in [6.45, 7) is 2.53. The van der Waals surface area contributed by atoms with Crippen molar-refractivity contribution in [3.8, 4) is 0 Å². The number of rotatable bonds is 3. The molecular formula is C14H17FN2O4. The zero-order chi connectivity index (χ0) is 14.8. The molecule has 6 nitrogen and oxygen atoms in total. The summed E-state index contributed by atoms with van der Waals surface area (Å²) in [5.74, 6) is -0.410. The molecule has 0 N–H and O–H groups in total. The van der Waals surface area contributed by atoms with Crippen LogP contribution >= 0.6 is 0 Å². The lowest BCUT2D eigenvalue weighted by molar-refractivity contribution is -0.384. The molecule has 21 heavy (non-hydrogen) atoms. The van der Waals surface area contributed by atoms with Crippen LogP contribution in [-0.2, 0) is 9.47 Å². The summed E-state index contributed by atoms with van der Waals surface area (Å²) in [4.78, 5) is 12.5. The summed E-state index contributed by atoms with van der Waals surface area (Å²) in [6, 6.07) is 3.71. The minimum absolute atomic E-state index is 0.186. The van der Waals surface area contributed by atoms with Crippen molar-refractivity contribution >= 4 is 11.4 Å². The first kappa shape index (κ1) is 14.2. The van der Waals surface area contributed by atoms with Crippen molar-refractivity contribution in [2.75, 3.05) is 31.2 Å². The molecule has 1 unspecified atom stereocenters. The van der Waals surface area contributed by atoms with Crippen LogP contribution in [0.2, 0.25) is 0 Å². The predicted molar refractivity (Wildman–Crippen MR) is 73.7 cm³/mol. The van der Waals surface area contributed by atoms with Crippen LogP contribution in [0.3, 0.4) is 0 Å². The monoisotopic (exact) mass is 296 g/mol. The lowest BCUT2D eigenvalue weighted by Crippen LogP contribution is -2.41. The van der Waals surface area contributed by atoms with Gasteiger partial charge in [0.15, 0.2) is 6.29 Å². The second-order valence-electron chi connectivity index (χ2n) is 5.35. The molecule has 0 amide bonds. The third kappa shape index (κ3) is 2.98. The summed E-state index contributed by atoms with van der Waals surface area (Å²) in [5, 5.41) is 11.1. The summed E-state index contributed by atoms with van der Waals surface area (Å²) in [6.07, 6.45) is 1.64. The minimum atomic E-state index is -0.596. The molecule has 3 rings (SSSR count). The smallest absolute Gasteiger partial charge is 0.295 e. The molecule has 1 aromatic carbocycles. The van der Waals surface area contributed by atoms with E-state index >= 15 is 0 Å². The first-order valence-electron chi connectivity index (χ1n) is 7.07. The van der Waals surface area contributed by atoms with Gasteiger partial charge >= 0.3 is 0 Å². The molecule has 0 bridgehead atoms. The highest BCUT2D eigenvalue weighted by atomic mass is 19.1. The first-order chi connectivity index (χ1) is 10.1. The Morgan fingerprint density at radius 3 is 2.81 bits per heavy atom. The van der Waals surface area contributed by atoms with Gasteiger partial charge in [-0.2, -0.15) is 0 Å². The van der Waals surface area contributed by atoms with Crippen molar-refractivity contribution < 1.29 is 18.8 Å². The molecule has 1 aromatic rings.